The molecular formula is C67H48BrCl6F14KNNaO23S. The molecule has 24 nitrogen and oxygen atoms in total. The number of fused-ring (bicyclic) bond motifs is 7. The Kier molecular flexibility index (Phi) is 34.3. The van der Waals surface area contributed by atoms with Crippen LogP contribution in [0.25, 0.3) is 0 Å². The fraction of sp³-hybridized carbons (Fsp3) is 0.313. The van der Waals surface area contributed by atoms with Gasteiger partial charge < -0.3 is 92.6 Å². The Morgan fingerprint density at radius 3 is 0.983 bits per heavy atom. The van der Waals surface area contributed by atoms with Gasteiger partial charge in [0.15, 0.2) is 80.5 Å². The van der Waals surface area contributed by atoms with Crippen LogP contribution < -0.4 is 147 Å². The van der Waals surface area contributed by atoms with E-state index in [-0.39, 0.29) is 202 Å². The van der Waals surface area contributed by atoms with Crippen molar-refractivity contribution in [2.24, 2.45) is 0 Å². The number of hydrogen-bond donors (Lipinski definition) is 3. The number of nitriles is 1. The number of carboxylic acids is 2. The largest absolute Gasteiger partial charge is 1.00 e. The van der Waals surface area contributed by atoms with Crippen LogP contribution in [0, 0.1) is 11.3 Å². The van der Waals surface area contributed by atoms with Crippen LogP contribution in [0.1, 0.15) is 82.3 Å². The molecule has 0 bridgehead atoms. The molecule has 7 aromatic rings. The molecule has 17 rings (SSSR count). The molecule has 614 valence electrons. The average molecular weight is 1890 g/mol. The molecule has 3 saturated carbocycles. The van der Waals surface area contributed by atoms with Gasteiger partial charge in [-0.2, -0.15) is 5.26 Å². The molecule has 0 atom stereocenters. The van der Waals surface area contributed by atoms with Gasteiger partial charge in [-0.3, -0.25) is 9.59 Å². The number of carbonyl (C=O) groups is 3. The summed E-state index contributed by atoms with van der Waals surface area (Å²) in [6, 6.07) is 31.2. The Balaban J connectivity index is 0.000000235. The van der Waals surface area contributed by atoms with E-state index in [1.165, 1.54) is 84.9 Å². The van der Waals surface area contributed by atoms with Crippen molar-refractivity contribution < 1.29 is 254 Å². The van der Waals surface area contributed by atoms with Crippen molar-refractivity contribution in [3.05, 3.63) is 166 Å². The van der Waals surface area contributed by atoms with E-state index >= 15 is 0 Å². The number of aliphatic carboxylic acids is 1. The first-order chi connectivity index (χ1) is 51.8. The molecule has 7 aliphatic heterocycles. The predicted octanol–water partition coefficient (Wildman–Crippen LogP) is 12.5. The standard InChI is InChI=1S/C11H7ClF2O3.C11H8F2O4.C10H7ClF2O2.C9H5F2NO2.C8H5ClF2O2.C8H4F2O4.C8H6F2O3.C2H4BrCl.Cl2OS.K.Na.2H2O/c12-9(15)10(3-4-10)6-1-2-7-8(5-6)17-11(13,14)16-7;12-11(13)16-7-2-1-6(5-8(7)17-11)10(3-4-10)9(14)15;11-9(3-4-9)6-1-2-7-8(5-6)15-10(12,13)14-7;10-9(11)13-7-2-1-6(3-4-12)5-8(7)14-9;9-4-5-1-2-6-7(3-5)13-8(10,11)12-6;9-8(10)13-5-2-1-4(7(11)12)3-6(5)14-8;9-8(10)12-6-2-1-5(4-11)3-7(6)13-8;3-1-2-4;1-4(2)3;;;;/h1-2,5H,3-4H2;1-2,5H,3-4H2,(H,14,15);1-2,5H,3-4H2;1-2,5H,3H2;1-3H,4H2;1-3H,(H,11,12);1-3,11H,4H2;1-2H2;;;;2*1H2/q;;;;;;;;;2*+1;;/p-2. The van der Waals surface area contributed by atoms with E-state index in [0.29, 0.717) is 59.4 Å². The van der Waals surface area contributed by atoms with Gasteiger partial charge in [-0.25, -0.2) is 9.00 Å². The van der Waals surface area contributed by atoms with Gasteiger partial charge >= 0.3 is 137 Å². The minimum atomic E-state index is -3.71. The van der Waals surface area contributed by atoms with Crippen molar-refractivity contribution in [3.63, 3.8) is 0 Å². The number of carboxylic acid groups (broad SMARTS) is 2. The number of carbonyl (C=O) groups excluding carboxylic acids is 1. The minimum Gasteiger partial charge on any atom is -0.870 e. The molecule has 0 amide bonds. The summed E-state index contributed by atoms with van der Waals surface area (Å²) in [6.45, 7) is -0.220. The summed E-state index contributed by atoms with van der Waals surface area (Å²) >= 11 is 25.4. The number of hydrogen-bond acceptors (Lipinski definition) is 22. The fourth-order valence-electron chi connectivity index (χ4n) is 10.0. The van der Waals surface area contributed by atoms with Gasteiger partial charge in [0.2, 0.25) is 14.5 Å². The van der Waals surface area contributed by atoms with E-state index in [4.69, 9.17) is 71.2 Å². The number of rotatable bonds is 10. The smallest absolute Gasteiger partial charge is 0.870 e. The third kappa shape index (κ3) is 26.9. The summed E-state index contributed by atoms with van der Waals surface area (Å²) in [7, 11) is 7.36. The molecule has 48 heteroatoms. The third-order valence-corrected chi connectivity index (χ3v) is 17.8. The molecule has 0 spiro atoms. The van der Waals surface area contributed by atoms with E-state index in [2.05, 4.69) is 104 Å². The molecular weight excluding hydrogens is 1840 g/mol. The van der Waals surface area contributed by atoms with E-state index in [0.717, 1.165) is 41.9 Å². The van der Waals surface area contributed by atoms with Gasteiger partial charge in [-0.15, -0.1) is 96.3 Å². The van der Waals surface area contributed by atoms with Crippen LogP contribution in [-0.2, 0) is 53.4 Å². The Hall–Kier alpha value is -6.25. The molecule has 0 aromatic heterocycles. The van der Waals surface area contributed by atoms with Crippen LogP contribution >= 0.6 is 83.7 Å². The number of benzene rings is 7. The summed E-state index contributed by atoms with van der Waals surface area (Å²) in [4.78, 5) is 32.5. The third-order valence-electron chi connectivity index (χ3n) is 15.5. The van der Waals surface area contributed by atoms with Gasteiger partial charge in [0.25, 0.3) is 0 Å². The molecule has 5 N–H and O–H groups in total. The Bertz CT molecular complexity index is 4550. The molecule has 3 fully saturated rings. The molecule has 115 heavy (non-hydrogen) atoms. The fourth-order valence-corrected chi connectivity index (χ4v) is 10.7. The quantitative estimate of drug-likeness (QED) is 0.0495. The predicted molar refractivity (Wildman–Crippen MR) is 366 cm³/mol. The average Bonchev–Trinajstić information content (AvgIpc) is 1.58. The monoisotopic (exact) mass is 1880 g/mol. The summed E-state index contributed by atoms with van der Waals surface area (Å²) in [6.07, 6.45) is -21.1. The van der Waals surface area contributed by atoms with E-state index in [9.17, 15) is 75.8 Å². The first-order valence-corrected chi connectivity index (χ1v) is 36.6. The molecule has 7 aromatic carbocycles. The number of nitrogens with zero attached hydrogens (tertiary/aromatic N) is 1. The zero-order valence-electron chi connectivity index (χ0n) is 57.8. The zero-order valence-corrected chi connectivity index (χ0v) is 69.8. The van der Waals surface area contributed by atoms with Crippen molar-refractivity contribution >= 4 is 110 Å². The second kappa shape index (κ2) is 39.7. The first-order valence-electron chi connectivity index (χ1n) is 30.8. The van der Waals surface area contributed by atoms with Crippen LogP contribution in [0.3, 0.4) is 0 Å². The number of aliphatic hydroxyl groups is 1. The van der Waals surface area contributed by atoms with Crippen molar-refractivity contribution in [3.8, 4) is 86.6 Å². The van der Waals surface area contributed by atoms with Gasteiger partial charge in [-0.1, -0.05) is 52.3 Å². The SMILES string of the molecule is ClCCBr.FC1(F)Oc2ccc(C3(Cl)CC3)cc2O1.FC1(F)Oc2ccc(CCl)cc2O1.N#CCc1ccc2c(c1)OC(F)(F)O2.O=C(Cl)C1(c2ccc3c(c2)OC(F)(F)O3)CC1.O=C(O)C1(c2ccc3c(c2)OC(F)(F)O3)CC1.O=C(O)c1ccc2c(c1)OC(F)(F)O2.O=S(Cl)Cl.OCc1ccc2c(c1)OC(F)(F)O2.[K+].[Na+].[OH-].[OH-]. The second-order valence-corrected chi connectivity index (χ2v) is 28.4. The van der Waals surface area contributed by atoms with Crippen LogP contribution in [0.15, 0.2) is 127 Å². The zero-order chi connectivity index (χ0) is 81.7. The maximum atomic E-state index is 12.8. The van der Waals surface area contributed by atoms with Gasteiger partial charge in [0, 0.05) is 38.5 Å². The Morgan fingerprint density at radius 1 is 0.435 bits per heavy atom. The molecule has 7 heterocycles. The summed E-state index contributed by atoms with van der Waals surface area (Å²) < 4.78 is 245. The van der Waals surface area contributed by atoms with E-state index in [1.807, 2.05) is 6.07 Å². The number of aliphatic hydroxyl groups excluding tert-OH is 1. The first kappa shape index (κ1) is 99.3. The Labute approximate surface area is 742 Å². The van der Waals surface area contributed by atoms with Crippen molar-refractivity contribution in [1.82, 2.24) is 0 Å². The Morgan fingerprint density at radius 2 is 0.696 bits per heavy atom. The van der Waals surface area contributed by atoms with Crippen LogP contribution in [0.4, 0.5) is 61.5 Å². The normalized spacial score (nSPS) is 18.2. The molecule has 0 radical (unpaired) electrons. The van der Waals surface area contributed by atoms with E-state index < -0.39 is 81.3 Å². The summed E-state index contributed by atoms with van der Waals surface area (Å²) in [5.74, 6) is -1.80. The topological polar surface area (TPSA) is 342 Å². The van der Waals surface area contributed by atoms with Gasteiger partial charge in [0.1, 0.15) is 0 Å². The molecule has 0 saturated heterocycles. The molecule has 3 aliphatic carbocycles. The number of alkyl halides is 18. The van der Waals surface area contributed by atoms with Gasteiger partial charge in [0.05, 0.1) is 40.4 Å². The van der Waals surface area contributed by atoms with Crippen LogP contribution in [0.2, 0.25) is 0 Å². The maximum absolute atomic E-state index is 12.8. The van der Waals surface area contributed by atoms with E-state index in [1.54, 1.807) is 24.3 Å². The summed E-state index contributed by atoms with van der Waals surface area (Å²) in [5.41, 5.74) is 1.92. The minimum absolute atomic E-state index is 0. The number of ether oxygens (including phenoxy) is 14. The second-order valence-electron chi connectivity index (χ2n) is 23.4. The van der Waals surface area contributed by atoms with Crippen LogP contribution in [-0.4, -0.2) is 103 Å². The van der Waals surface area contributed by atoms with Crippen molar-refractivity contribution in [1.29, 1.82) is 5.26 Å². The van der Waals surface area contributed by atoms with Gasteiger partial charge in [-0.05, 0) is 175 Å². The van der Waals surface area contributed by atoms with Crippen molar-refractivity contribution in [2.75, 3.05) is 11.2 Å². The number of aromatic carboxylic acids is 1. The molecule has 10 aliphatic rings. The van der Waals surface area contributed by atoms with Crippen molar-refractivity contribution in [2.45, 2.75) is 117 Å². The summed E-state index contributed by atoms with van der Waals surface area (Å²) in [5, 5.41) is 35.2. The van der Waals surface area contributed by atoms with Crippen LogP contribution in [0.5, 0.6) is 80.5 Å². The molecule has 0 unspecified atom stereocenters. The maximum Gasteiger partial charge on any atom is 1.00 e. The number of halogens is 21.